The number of ketones is 1. The molecule has 3 heterocycles. The number of carbonyl (C=O) groups is 3. The Labute approximate surface area is 198 Å². The van der Waals surface area contributed by atoms with Crippen molar-refractivity contribution < 1.29 is 32.6 Å². The lowest BCUT2D eigenvalue weighted by Gasteiger charge is -2.36. The van der Waals surface area contributed by atoms with Gasteiger partial charge in [0, 0.05) is 35.8 Å². The highest BCUT2D eigenvalue weighted by atomic mass is 32.1. The third-order valence-electron chi connectivity index (χ3n) is 5.95. The number of benzene rings is 1. The highest BCUT2D eigenvalue weighted by molar-refractivity contribution is 7.17. The van der Waals surface area contributed by atoms with Crippen LogP contribution in [0.5, 0.6) is 5.88 Å². The van der Waals surface area contributed by atoms with E-state index in [2.05, 4.69) is 9.72 Å². The summed E-state index contributed by atoms with van der Waals surface area (Å²) in [5, 5.41) is 1.83. The summed E-state index contributed by atoms with van der Waals surface area (Å²) in [6.45, 7) is 0.352. The third-order valence-corrected chi connectivity index (χ3v) is 6.84. The summed E-state index contributed by atoms with van der Waals surface area (Å²) >= 11 is 1.14. The van der Waals surface area contributed by atoms with Crippen molar-refractivity contribution in [3.05, 3.63) is 58.2 Å². The molecular weight excluding hydrogens is 466 g/mol. The number of Topliss-reactive ketones (excluding diaryl/α,β-unsaturated/α-hetero) is 1. The van der Waals surface area contributed by atoms with Crippen LogP contribution in [0, 0.1) is 5.82 Å². The van der Waals surface area contributed by atoms with E-state index in [9.17, 15) is 18.8 Å². The molecule has 2 aromatic heterocycles. The molecule has 178 valence electrons. The predicted octanol–water partition coefficient (Wildman–Crippen LogP) is 3.99. The molecule has 0 atom stereocenters. The Balaban J connectivity index is 1.55. The standard InChI is InChI=1S/C24H22F2N2O5S/c1-32-20-17(11-16-18(13-34-21(16)27-20)19(29)23(31)33-2)22(30)28-9-7-24(26,8-10-28)12-14-3-5-15(25)6-4-14/h3-6,11,13H,7-10,12H2,1-2H3. The van der Waals surface area contributed by atoms with Crippen molar-refractivity contribution in [2.45, 2.75) is 24.9 Å². The fourth-order valence-electron chi connectivity index (χ4n) is 4.05. The quantitative estimate of drug-likeness (QED) is 0.296. The molecule has 10 heteroatoms. The van der Waals surface area contributed by atoms with Crippen LogP contribution in [0.3, 0.4) is 0 Å². The van der Waals surface area contributed by atoms with Crippen LogP contribution in [0.15, 0.2) is 35.7 Å². The lowest BCUT2D eigenvalue weighted by molar-refractivity contribution is -0.135. The van der Waals surface area contributed by atoms with Crippen LogP contribution in [0.25, 0.3) is 10.2 Å². The summed E-state index contributed by atoms with van der Waals surface area (Å²) in [6, 6.07) is 7.21. The van der Waals surface area contributed by atoms with E-state index in [1.54, 1.807) is 12.1 Å². The molecule has 0 saturated carbocycles. The number of carbonyl (C=O) groups excluding carboxylic acids is 3. The average Bonchev–Trinajstić information content (AvgIpc) is 3.26. The van der Waals surface area contributed by atoms with Crippen molar-refractivity contribution in [2.24, 2.45) is 0 Å². The van der Waals surface area contributed by atoms with E-state index in [1.165, 1.54) is 35.6 Å². The molecule has 1 aliphatic rings. The van der Waals surface area contributed by atoms with E-state index in [4.69, 9.17) is 4.74 Å². The van der Waals surface area contributed by atoms with Gasteiger partial charge in [-0.15, -0.1) is 11.3 Å². The van der Waals surface area contributed by atoms with Crippen molar-refractivity contribution in [3.63, 3.8) is 0 Å². The van der Waals surface area contributed by atoms with Gasteiger partial charge in [-0.1, -0.05) is 12.1 Å². The van der Waals surface area contributed by atoms with Crippen LogP contribution < -0.4 is 4.74 Å². The fourth-order valence-corrected chi connectivity index (χ4v) is 4.95. The monoisotopic (exact) mass is 488 g/mol. The number of rotatable bonds is 6. The molecule has 1 aromatic carbocycles. The Hall–Kier alpha value is -3.40. The summed E-state index contributed by atoms with van der Waals surface area (Å²) in [7, 11) is 2.49. The molecule has 7 nitrogen and oxygen atoms in total. The minimum Gasteiger partial charge on any atom is -0.480 e. The number of thiophene rings is 1. The van der Waals surface area contributed by atoms with Gasteiger partial charge in [0.15, 0.2) is 0 Å². The highest BCUT2D eigenvalue weighted by Crippen LogP contribution is 2.34. The van der Waals surface area contributed by atoms with Crippen molar-refractivity contribution in [1.82, 2.24) is 9.88 Å². The number of alkyl halides is 1. The molecule has 0 unspecified atom stereocenters. The van der Waals surface area contributed by atoms with Gasteiger partial charge in [-0.05, 0) is 36.6 Å². The zero-order chi connectivity index (χ0) is 24.5. The molecule has 1 fully saturated rings. The van der Waals surface area contributed by atoms with Gasteiger partial charge >= 0.3 is 5.97 Å². The second-order valence-corrected chi connectivity index (χ2v) is 8.97. The number of hydrogen-bond donors (Lipinski definition) is 0. The van der Waals surface area contributed by atoms with E-state index in [0.717, 1.165) is 18.4 Å². The first-order valence-corrected chi connectivity index (χ1v) is 11.4. The number of hydrogen-bond acceptors (Lipinski definition) is 7. The summed E-state index contributed by atoms with van der Waals surface area (Å²) in [4.78, 5) is 43.6. The molecule has 1 aliphatic heterocycles. The summed E-state index contributed by atoms with van der Waals surface area (Å²) in [6.07, 6.45) is 0.386. The van der Waals surface area contributed by atoms with Crippen molar-refractivity contribution >= 4 is 39.2 Å². The topological polar surface area (TPSA) is 85.8 Å². The molecular formula is C24H22F2N2O5S. The largest absolute Gasteiger partial charge is 0.480 e. The molecule has 1 saturated heterocycles. The molecule has 0 spiro atoms. The maximum Gasteiger partial charge on any atom is 0.379 e. The predicted molar refractivity (Wildman–Crippen MR) is 122 cm³/mol. The van der Waals surface area contributed by atoms with Gasteiger partial charge in [0.25, 0.3) is 11.7 Å². The lowest BCUT2D eigenvalue weighted by Crippen LogP contribution is -2.45. The van der Waals surface area contributed by atoms with Gasteiger partial charge in [0.05, 0.1) is 14.2 Å². The smallest absolute Gasteiger partial charge is 0.379 e. The Bertz CT molecular complexity index is 1250. The molecule has 0 N–H and O–H groups in total. The first-order chi connectivity index (χ1) is 16.2. The third kappa shape index (κ3) is 4.63. The molecule has 0 aliphatic carbocycles. The lowest BCUT2D eigenvalue weighted by atomic mass is 9.87. The Morgan fingerprint density at radius 3 is 2.41 bits per heavy atom. The minimum atomic E-state index is -1.51. The van der Waals surface area contributed by atoms with Crippen LogP contribution in [-0.2, 0) is 16.0 Å². The van der Waals surface area contributed by atoms with Gasteiger partial charge in [-0.25, -0.2) is 18.6 Å². The Morgan fingerprint density at radius 1 is 1.12 bits per heavy atom. The van der Waals surface area contributed by atoms with Gasteiger partial charge in [0.1, 0.15) is 21.9 Å². The average molecular weight is 489 g/mol. The molecule has 1 amide bonds. The molecule has 34 heavy (non-hydrogen) atoms. The van der Waals surface area contributed by atoms with Crippen LogP contribution in [0.2, 0.25) is 0 Å². The number of halogens is 2. The number of nitrogens with zero attached hydrogens (tertiary/aromatic N) is 2. The number of methoxy groups -OCH3 is 2. The second-order valence-electron chi connectivity index (χ2n) is 8.11. The maximum absolute atomic E-state index is 15.4. The number of aromatic nitrogens is 1. The second kappa shape index (κ2) is 9.46. The van der Waals surface area contributed by atoms with E-state index in [-0.39, 0.29) is 55.2 Å². The summed E-state index contributed by atoms with van der Waals surface area (Å²) in [5.74, 6) is -2.55. The van der Waals surface area contributed by atoms with E-state index < -0.39 is 23.3 Å². The van der Waals surface area contributed by atoms with Crippen molar-refractivity contribution in [3.8, 4) is 5.88 Å². The van der Waals surface area contributed by atoms with Gasteiger partial charge in [-0.2, -0.15) is 0 Å². The number of likely N-dealkylation sites (tertiary alicyclic amines) is 1. The molecule has 4 rings (SSSR count). The number of amides is 1. The zero-order valence-electron chi connectivity index (χ0n) is 18.6. The highest BCUT2D eigenvalue weighted by Gasteiger charge is 2.37. The molecule has 3 aromatic rings. The van der Waals surface area contributed by atoms with E-state index in [1.807, 2.05) is 0 Å². The molecule has 0 radical (unpaired) electrons. The normalized spacial score (nSPS) is 15.2. The van der Waals surface area contributed by atoms with Crippen molar-refractivity contribution in [2.75, 3.05) is 27.3 Å². The first kappa shape index (κ1) is 23.7. The fraction of sp³-hybridized carbons (Fsp3) is 0.333. The Kier molecular flexibility index (Phi) is 6.60. The summed E-state index contributed by atoms with van der Waals surface area (Å²) < 4.78 is 38.4. The van der Waals surface area contributed by atoms with E-state index >= 15 is 4.39 Å². The van der Waals surface area contributed by atoms with E-state index in [0.29, 0.717) is 15.8 Å². The Morgan fingerprint density at radius 2 is 1.79 bits per heavy atom. The minimum absolute atomic E-state index is 0.0832. The number of piperidine rings is 1. The molecule has 0 bridgehead atoms. The van der Waals surface area contributed by atoms with Crippen LogP contribution >= 0.6 is 11.3 Å². The number of ether oxygens (including phenoxy) is 2. The van der Waals surface area contributed by atoms with Gasteiger partial charge in [-0.3, -0.25) is 9.59 Å². The maximum atomic E-state index is 15.4. The number of pyridine rings is 1. The van der Waals surface area contributed by atoms with Gasteiger partial charge in [0.2, 0.25) is 5.88 Å². The van der Waals surface area contributed by atoms with Crippen LogP contribution in [-0.4, -0.2) is 60.5 Å². The van der Waals surface area contributed by atoms with Gasteiger partial charge < -0.3 is 14.4 Å². The first-order valence-electron chi connectivity index (χ1n) is 10.6. The zero-order valence-corrected chi connectivity index (χ0v) is 19.4. The van der Waals surface area contributed by atoms with Crippen LogP contribution in [0.1, 0.15) is 39.1 Å². The van der Waals surface area contributed by atoms with Crippen molar-refractivity contribution in [1.29, 1.82) is 0 Å². The SMILES string of the molecule is COC(=O)C(=O)c1csc2nc(OC)c(C(=O)N3CCC(F)(Cc4ccc(F)cc4)CC3)cc12. The van der Waals surface area contributed by atoms with Crippen LogP contribution in [0.4, 0.5) is 8.78 Å². The summed E-state index contributed by atoms with van der Waals surface area (Å²) in [5.41, 5.74) is -0.594. The number of fused-ring (bicyclic) bond motifs is 1. The number of esters is 1.